The van der Waals surface area contributed by atoms with E-state index in [1.165, 1.54) is 5.57 Å². The van der Waals surface area contributed by atoms with Crippen molar-refractivity contribution in [2.45, 2.75) is 45.4 Å². The highest BCUT2D eigenvalue weighted by Gasteiger charge is 2.40. The number of carboxylic acids is 1. The van der Waals surface area contributed by atoms with Gasteiger partial charge in [-0.05, 0) is 55.4 Å². The molecule has 0 aromatic rings. The highest BCUT2D eigenvalue weighted by Crippen LogP contribution is 2.52. The van der Waals surface area contributed by atoms with Gasteiger partial charge in [0.05, 0.1) is 6.61 Å². The standard InChI is InChI=1S/C15H22O3/c1-10(14(17)18)11-5-7-15(2)6-3-4-12(9-16)13(15)8-11/h11,16H,1,3-9H2,2H3,(H,17,18)/t11-,15-/m0/s1. The Morgan fingerprint density at radius 2 is 2.22 bits per heavy atom. The van der Waals surface area contributed by atoms with E-state index in [9.17, 15) is 9.90 Å². The van der Waals surface area contributed by atoms with Crippen LogP contribution in [-0.4, -0.2) is 22.8 Å². The quantitative estimate of drug-likeness (QED) is 0.598. The fourth-order valence-electron chi connectivity index (χ4n) is 3.57. The van der Waals surface area contributed by atoms with Gasteiger partial charge in [0.1, 0.15) is 0 Å². The Kier molecular flexibility index (Phi) is 3.62. The van der Waals surface area contributed by atoms with Crippen LogP contribution in [0.5, 0.6) is 0 Å². The summed E-state index contributed by atoms with van der Waals surface area (Å²) < 4.78 is 0. The molecule has 0 aromatic heterocycles. The van der Waals surface area contributed by atoms with Gasteiger partial charge >= 0.3 is 5.97 Å². The van der Waals surface area contributed by atoms with Gasteiger partial charge < -0.3 is 10.2 Å². The van der Waals surface area contributed by atoms with Gasteiger partial charge in [-0.2, -0.15) is 0 Å². The maximum absolute atomic E-state index is 11.0. The number of carbonyl (C=O) groups is 1. The van der Waals surface area contributed by atoms with Crippen molar-refractivity contribution in [1.82, 2.24) is 0 Å². The molecule has 2 atom stereocenters. The number of aliphatic hydroxyl groups excluding tert-OH is 1. The fourth-order valence-corrected chi connectivity index (χ4v) is 3.57. The van der Waals surface area contributed by atoms with Gasteiger partial charge in [-0.25, -0.2) is 4.79 Å². The Morgan fingerprint density at radius 1 is 1.50 bits per heavy atom. The third kappa shape index (κ3) is 2.24. The normalized spacial score (nSPS) is 32.0. The van der Waals surface area contributed by atoms with E-state index in [0.717, 1.165) is 44.1 Å². The fraction of sp³-hybridized carbons (Fsp3) is 0.667. The molecule has 18 heavy (non-hydrogen) atoms. The zero-order valence-corrected chi connectivity index (χ0v) is 11.0. The van der Waals surface area contributed by atoms with Crippen LogP contribution >= 0.6 is 0 Å². The van der Waals surface area contributed by atoms with E-state index in [1.54, 1.807) is 0 Å². The summed E-state index contributed by atoms with van der Waals surface area (Å²) in [5, 5.41) is 18.5. The number of hydrogen-bond donors (Lipinski definition) is 2. The first-order valence-electron chi connectivity index (χ1n) is 6.72. The predicted molar refractivity (Wildman–Crippen MR) is 70.2 cm³/mol. The third-order valence-electron chi connectivity index (χ3n) is 4.82. The second kappa shape index (κ2) is 4.88. The van der Waals surface area contributed by atoms with Crippen LogP contribution < -0.4 is 0 Å². The second-order valence-corrected chi connectivity index (χ2v) is 5.92. The predicted octanol–water partition coefficient (Wildman–Crippen LogP) is 2.91. The van der Waals surface area contributed by atoms with Crippen LogP contribution in [0.1, 0.15) is 45.4 Å². The molecule has 0 heterocycles. The molecular weight excluding hydrogens is 228 g/mol. The molecule has 0 bridgehead atoms. The molecule has 0 unspecified atom stereocenters. The van der Waals surface area contributed by atoms with E-state index >= 15 is 0 Å². The van der Waals surface area contributed by atoms with Gasteiger partial charge in [0, 0.05) is 5.57 Å². The summed E-state index contributed by atoms with van der Waals surface area (Å²) in [6.45, 7) is 6.09. The molecule has 0 amide bonds. The smallest absolute Gasteiger partial charge is 0.331 e. The van der Waals surface area contributed by atoms with Crippen molar-refractivity contribution in [2.75, 3.05) is 6.61 Å². The molecule has 0 saturated heterocycles. The van der Waals surface area contributed by atoms with E-state index in [4.69, 9.17) is 5.11 Å². The molecule has 2 aliphatic rings. The Hall–Kier alpha value is -1.09. The molecule has 2 rings (SSSR count). The maximum Gasteiger partial charge on any atom is 0.331 e. The molecule has 3 heteroatoms. The van der Waals surface area contributed by atoms with Crippen molar-refractivity contribution >= 4 is 5.97 Å². The van der Waals surface area contributed by atoms with Crippen LogP contribution in [0.25, 0.3) is 0 Å². The van der Waals surface area contributed by atoms with Gasteiger partial charge in [-0.3, -0.25) is 0 Å². The summed E-state index contributed by atoms with van der Waals surface area (Å²) in [7, 11) is 0. The summed E-state index contributed by atoms with van der Waals surface area (Å²) in [6.07, 6.45) is 5.97. The average Bonchev–Trinajstić information content (AvgIpc) is 2.35. The van der Waals surface area contributed by atoms with Gasteiger partial charge in [0.2, 0.25) is 0 Å². The molecule has 0 radical (unpaired) electrons. The number of aliphatic hydroxyl groups is 1. The zero-order valence-electron chi connectivity index (χ0n) is 11.0. The lowest BCUT2D eigenvalue weighted by atomic mass is 9.61. The molecule has 0 aromatic carbocycles. The number of carboxylic acid groups (broad SMARTS) is 1. The Balaban J connectivity index is 2.26. The minimum Gasteiger partial charge on any atom is -0.478 e. The highest BCUT2D eigenvalue weighted by molar-refractivity contribution is 5.86. The molecule has 100 valence electrons. The van der Waals surface area contributed by atoms with Gasteiger partial charge in [-0.1, -0.05) is 19.1 Å². The van der Waals surface area contributed by atoms with Crippen LogP contribution in [0.3, 0.4) is 0 Å². The van der Waals surface area contributed by atoms with E-state index in [1.807, 2.05) is 0 Å². The summed E-state index contributed by atoms with van der Waals surface area (Å²) in [5.41, 5.74) is 2.97. The van der Waals surface area contributed by atoms with E-state index < -0.39 is 5.97 Å². The van der Waals surface area contributed by atoms with Crippen molar-refractivity contribution in [3.8, 4) is 0 Å². The summed E-state index contributed by atoms with van der Waals surface area (Å²) in [6, 6.07) is 0. The van der Waals surface area contributed by atoms with Crippen LogP contribution in [0.15, 0.2) is 23.3 Å². The van der Waals surface area contributed by atoms with Crippen molar-refractivity contribution in [2.24, 2.45) is 11.3 Å². The Morgan fingerprint density at radius 3 is 2.83 bits per heavy atom. The monoisotopic (exact) mass is 250 g/mol. The van der Waals surface area contributed by atoms with Crippen LogP contribution in [0.2, 0.25) is 0 Å². The Labute approximate surface area is 108 Å². The van der Waals surface area contributed by atoms with Crippen molar-refractivity contribution in [3.05, 3.63) is 23.3 Å². The lowest BCUT2D eigenvalue weighted by Gasteiger charge is -2.44. The Bertz CT molecular complexity index is 408. The van der Waals surface area contributed by atoms with Crippen LogP contribution in [0, 0.1) is 11.3 Å². The first-order chi connectivity index (χ1) is 8.48. The van der Waals surface area contributed by atoms with Crippen LogP contribution in [-0.2, 0) is 4.79 Å². The second-order valence-electron chi connectivity index (χ2n) is 5.92. The van der Waals surface area contributed by atoms with Gasteiger partial charge in [-0.15, -0.1) is 0 Å². The SMILES string of the molecule is C=C(C(=O)O)[C@H]1CC[C@]2(C)CCCC(CO)=C2C1. The molecule has 1 saturated carbocycles. The highest BCUT2D eigenvalue weighted by atomic mass is 16.4. The van der Waals surface area contributed by atoms with Crippen molar-refractivity contribution in [3.63, 3.8) is 0 Å². The lowest BCUT2D eigenvalue weighted by Crippen LogP contribution is -2.33. The summed E-state index contributed by atoms with van der Waals surface area (Å²) in [4.78, 5) is 11.0. The molecule has 2 aliphatic carbocycles. The minimum atomic E-state index is -0.884. The number of hydrogen-bond acceptors (Lipinski definition) is 2. The third-order valence-corrected chi connectivity index (χ3v) is 4.82. The molecular formula is C15H22O3. The molecule has 2 N–H and O–H groups in total. The largest absolute Gasteiger partial charge is 0.478 e. The molecule has 3 nitrogen and oxygen atoms in total. The van der Waals surface area contributed by atoms with E-state index in [-0.39, 0.29) is 17.9 Å². The molecule has 0 aliphatic heterocycles. The topological polar surface area (TPSA) is 57.5 Å². The number of allylic oxidation sites excluding steroid dienone is 1. The molecule has 1 fully saturated rings. The van der Waals surface area contributed by atoms with E-state index in [0.29, 0.717) is 5.57 Å². The van der Waals surface area contributed by atoms with Crippen molar-refractivity contribution < 1.29 is 15.0 Å². The van der Waals surface area contributed by atoms with E-state index in [2.05, 4.69) is 13.5 Å². The minimum absolute atomic E-state index is 0.0465. The van der Waals surface area contributed by atoms with Crippen LogP contribution in [0.4, 0.5) is 0 Å². The summed E-state index contributed by atoms with van der Waals surface area (Å²) in [5.74, 6) is -0.837. The van der Waals surface area contributed by atoms with Gasteiger partial charge in [0.25, 0.3) is 0 Å². The maximum atomic E-state index is 11.0. The first-order valence-corrected chi connectivity index (χ1v) is 6.72. The number of fused-ring (bicyclic) bond motifs is 1. The first kappa shape index (κ1) is 13.3. The van der Waals surface area contributed by atoms with Gasteiger partial charge in [0.15, 0.2) is 0 Å². The average molecular weight is 250 g/mol. The lowest BCUT2D eigenvalue weighted by molar-refractivity contribution is -0.133. The number of aliphatic carboxylic acids is 1. The van der Waals surface area contributed by atoms with Crippen molar-refractivity contribution in [1.29, 1.82) is 0 Å². The molecule has 0 spiro atoms. The number of rotatable bonds is 3. The zero-order chi connectivity index (χ0) is 13.3. The summed E-state index contributed by atoms with van der Waals surface area (Å²) >= 11 is 0.